The summed E-state index contributed by atoms with van der Waals surface area (Å²) >= 11 is 0. The maximum Gasteiger partial charge on any atom is 0.255 e. The topological polar surface area (TPSA) is 102 Å². The number of aromatic nitrogens is 1. The lowest BCUT2D eigenvalue weighted by Gasteiger charge is -2.55. The zero-order valence-electron chi connectivity index (χ0n) is 23.5. The maximum atomic E-state index is 15.9. The molecule has 206 valence electrons. The van der Waals surface area contributed by atoms with Gasteiger partial charge in [-0.05, 0) is 40.5 Å². The third-order valence-corrected chi connectivity index (χ3v) is 9.03. The standard InChI is InChI=1S/C29H40FN5O3/c1-15(16(2)10-13-36)8-11-31-19-14-35(6)23-17(3)21(30)26(38-7)29(5)24(23)28(19,4)25-22(34-29)20-18(33-25)9-12-32-27(20)37/h14,17,31,33-34,36H,8-13H2,1-7H3,(H,32,37)/b16-15+. The lowest BCUT2D eigenvalue weighted by Crippen LogP contribution is -2.59. The van der Waals surface area contributed by atoms with Crippen molar-refractivity contribution in [2.45, 2.75) is 64.8 Å². The summed E-state index contributed by atoms with van der Waals surface area (Å²) in [6, 6.07) is 0. The minimum atomic E-state index is -1.00. The fourth-order valence-corrected chi connectivity index (χ4v) is 6.92. The monoisotopic (exact) mass is 525 g/mol. The van der Waals surface area contributed by atoms with Crippen LogP contribution in [0, 0.1) is 5.92 Å². The molecule has 4 heterocycles. The summed E-state index contributed by atoms with van der Waals surface area (Å²) in [6.07, 6.45) is 4.27. The van der Waals surface area contributed by atoms with Crippen LogP contribution in [0.2, 0.25) is 0 Å². The zero-order valence-corrected chi connectivity index (χ0v) is 23.5. The number of fused-ring (bicyclic) bond motifs is 4. The van der Waals surface area contributed by atoms with Gasteiger partial charge in [-0.1, -0.05) is 18.1 Å². The number of hydrogen-bond acceptors (Lipinski definition) is 6. The Balaban J connectivity index is 1.67. The molecule has 0 bridgehead atoms. The van der Waals surface area contributed by atoms with Gasteiger partial charge in [-0.2, -0.15) is 0 Å². The third kappa shape index (κ3) is 3.54. The van der Waals surface area contributed by atoms with Crippen LogP contribution in [0.25, 0.3) is 0 Å². The molecule has 3 aliphatic heterocycles. The van der Waals surface area contributed by atoms with Crippen molar-refractivity contribution in [3.63, 3.8) is 0 Å². The summed E-state index contributed by atoms with van der Waals surface area (Å²) in [4.78, 5) is 18.7. The second kappa shape index (κ2) is 9.22. The van der Waals surface area contributed by atoms with Gasteiger partial charge in [0.25, 0.3) is 5.91 Å². The molecule has 4 aliphatic rings. The molecule has 0 radical (unpaired) electrons. The van der Waals surface area contributed by atoms with Gasteiger partial charge in [-0.3, -0.25) is 4.79 Å². The number of carbonyl (C=O) groups excluding carboxylic acids is 1. The first-order chi connectivity index (χ1) is 18.0. The SMILES string of the molecule is COC1=C(F)C(C)C2=C3C1(C)Nc1c([nH]c4c1C(=O)NCC4)C3(C)C(NCC/C(C)=C(\C)CCO)=CN2C. The summed E-state index contributed by atoms with van der Waals surface area (Å²) in [5.41, 5.74) is 6.75. The Morgan fingerprint density at radius 2 is 2.00 bits per heavy atom. The molecule has 1 amide bonds. The summed E-state index contributed by atoms with van der Waals surface area (Å²) < 4.78 is 21.7. The molecule has 9 heteroatoms. The minimum absolute atomic E-state index is 0.129. The van der Waals surface area contributed by atoms with Gasteiger partial charge in [0.2, 0.25) is 0 Å². The Kier molecular flexibility index (Phi) is 6.41. The van der Waals surface area contributed by atoms with E-state index in [1.54, 1.807) is 0 Å². The Morgan fingerprint density at radius 1 is 1.29 bits per heavy atom. The van der Waals surface area contributed by atoms with Crippen molar-refractivity contribution >= 4 is 11.6 Å². The fraction of sp³-hybridized carbons (Fsp3) is 0.552. The molecule has 1 aromatic heterocycles. The molecule has 0 saturated heterocycles. The van der Waals surface area contributed by atoms with E-state index in [9.17, 15) is 9.90 Å². The average Bonchev–Trinajstić information content (AvgIpc) is 3.24. The minimum Gasteiger partial charge on any atom is -0.496 e. The molecule has 5 rings (SSSR count). The van der Waals surface area contributed by atoms with Crippen LogP contribution in [-0.4, -0.2) is 60.3 Å². The molecule has 1 aromatic rings. The van der Waals surface area contributed by atoms with E-state index in [0.717, 1.165) is 34.8 Å². The Hall–Kier alpha value is -3.20. The van der Waals surface area contributed by atoms with E-state index in [0.29, 0.717) is 37.2 Å². The quantitative estimate of drug-likeness (QED) is 0.346. The molecular weight excluding hydrogens is 485 g/mol. The Morgan fingerprint density at radius 3 is 2.68 bits per heavy atom. The van der Waals surface area contributed by atoms with Gasteiger partial charge in [0.05, 0.1) is 35.4 Å². The van der Waals surface area contributed by atoms with Crippen LogP contribution in [-0.2, 0) is 16.6 Å². The molecule has 1 aliphatic carbocycles. The summed E-state index contributed by atoms with van der Waals surface area (Å²) in [6.45, 7) is 11.6. The highest BCUT2D eigenvalue weighted by Gasteiger charge is 2.60. The van der Waals surface area contributed by atoms with Gasteiger partial charge in [-0.15, -0.1) is 0 Å². The van der Waals surface area contributed by atoms with E-state index in [-0.39, 0.29) is 24.1 Å². The van der Waals surface area contributed by atoms with Crippen LogP contribution >= 0.6 is 0 Å². The number of carbonyl (C=O) groups is 1. The number of amides is 1. The number of nitrogens with one attached hydrogen (secondary N) is 4. The number of halogens is 1. The first-order valence-corrected chi connectivity index (χ1v) is 13.5. The van der Waals surface area contributed by atoms with Gasteiger partial charge in [0.1, 0.15) is 11.4 Å². The largest absolute Gasteiger partial charge is 0.496 e. The number of hydrogen-bond donors (Lipinski definition) is 5. The maximum absolute atomic E-state index is 15.9. The molecule has 0 aromatic carbocycles. The van der Waals surface area contributed by atoms with E-state index in [4.69, 9.17) is 4.74 Å². The molecular formula is C29H40FN5O3. The number of allylic oxidation sites excluding steroid dienone is 2. The fourth-order valence-electron chi connectivity index (χ4n) is 6.92. The van der Waals surface area contributed by atoms with E-state index in [1.165, 1.54) is 18.3 Å². The predicted octanol–water partition coefficient (Wildman–Crippen LogP) is 3.96. The van der Waals surface area contributed by atoms with Gasteiger partial charge >= 0.3 is 0 Å². The molecule has 0 fully saturated rings. The van der Waals surface area contributed by atoms with E-state index in [1.807, 2.05) is 25.8 Å². The van der Waals surface area contributed by atoms with Gasteiger partial charge < -0.3 is 35.7 Å². The number of nitrogens with zero attached hydrogens (tertiary/aromatic N) is 1. The lowest BCUT2D eigenvalue weighted by molar-refractivity contribution is 0.0946. The van der Waals surface area contributed by atoms with Crippen molar-refractivity contribution in [3.8, 4) is 0 Å². The average molecular weight is 526 g/mol. The van der Waals surface area contributed by atoms with Crippen molar-refractivity contribution in [2.75, 3.05) is 39.2 Å². The molecule has 0 saturated carbocycles. The molecule has 3 atom stereocenters. The number of ether oxygens (including phenoxy) is 1. The molecule has 38 heavy (non-hydrogen) atoms. The highest BCUT2D eigenvalue weighted by molar-refractivity contribution is 6.04. The Labute approximate surface area is 224 Å². The van der Waals surface area contributed by atoms with Crippen LogP contribution in [0.3, 0.4) is 0 Å². The van der Waals surface area contributed by atoms with Crippen LogP contribution in [0.4, 0.5) is 10.1 Å². The summed E-state index contributed by atoms with van der Waals surface area (Å²) in [5.74, 6) is -0.675. The van der Waals surface area contributed by atoms with Crippen molar-refractivity contribution in [1.82, 2.24) is 20.5 Å². The highest BCUT2D eigenvalue weighted by Crippen LogP contribution is 2.60. The molecule has 0 spiro atoms. The molecule has 3 unspecified atom stereocenters. The van der Waals surface area contributed by atoms with Gasteiger partial charge in [0, 0.05) is 62.0 Å². The number of anilines is 1. The molecule has 5 N–H and O–H groups in total. The number of aromatic amines is 1. The number of rotatable bonds is 7. The first-order valence-electron chi connectivity index (χ1n) is 13.5. The molecule has 8 nitrogen and oxygen atoms in total. The second-order valence-electron chi connectivity index (χ2n) is 11.3. The summed E-state index contributed by atoms with van der Waals surface area (Å²) in [7, 11) is 3.47. The van der Waals surface area contributed by atoms with Crippen molar-refractivity contribution in [3.05, 3.63) is 62.9 Å². The lowest BCUT2D eigenvalue weighted by atomic mass is 9.59. The third-order valence-electron chi connectivity index (χ3n) is 9.03. The smallest absolute Gasteiger partial charge is 0.255 e. The van der Waals surface area contributed by atoms with E-state index in [2.05, 4.69) is 47.9 Å². The van der Waals surface area contributed by atoms with Crippen LogP contribution in [0.5, 0.6) is 0 Å². The second-order valence-corrected chi connectivity index (χ2v) is 11.3. The van der Waals surface area contributed by atoms with Gasteiger partial charge in [-0.25, -0.2) is 4.39 Å². The van der Waals surface area contributed by atoms with Crippen LogP contribution < -0.4 is 16.0 Å². The highest BCUT2D eigenvalue weighted by atomic mass is 19.1. The van der Waals surface area contributed by atoms with Gasteiger partial charge in [0.15, 0.2) is 5.76 Å². The zero-order chi connectivity index (χ0) is 27.6. The number of aliphatic hydroxyl groups excluding tert-OH is 1. The van der Waals surface area contributed by atoms with Crippen LogP contribution in [0.15, 0.2) is 45.9 Å². The first kappa shape index (κ1) is 26.4. The van der Waals surface area contributed by atoms with E-state index >= 15 is 4.39 Å². The van der Waals surface area contributed by atoms with Crippen molar-refractivity contribution < 1.29 is 19.0 Å². The number of methoxy groups -OCH3 is 1. The van der Waals surface area contributed by atoms with E-state index < -0.39 is 16.9 Å². The van der Waals surface area contributed by atoms with Crippen LogP contribution in [0.1, 0.15) is 69.2 Å². The number of aliphatic hydroxyl groups is 1. The number of H-pyrrole nitrogens is 1. The van der Waals surface area contributed by atoms with Crippen molar-refractivity contribution in [2.24, 2.45) is 5.92 Å². The predicted molar refractivity (Wildman–Crippen MR) is 146 cm³/mol. The Bertz CT molecular complexity index is 1320. The van der Waals surface area contributed by atoms with Crippen molar-refractivity contribution in [1.29, 1.82) is 0 Å². The summed E-state index contributed by atoms with van der Waals surface area (Å²) in [5, 5.41) is 19.6. The normalized spacial score (nSPS) is 28.6.